The van der Waals surface area contributed by atoms with Crippen LogP contribution in [0.4, 0.5) is 0 Å². The van der Waals surface area contributed by atoms with Crippen LogP contribution in [0.15, 0.2) is 0 Å². The van der Waals surface area contributed by atoms with Crippen molar-refractivity contribution in [2.45, 2.75) is 45.7 Å². The van der Waals surface area contributed by atoms with Crippen LogP contribution in [0, 0.1) is 0 Å². The number of nitrogens with zero attached hydrogens (tertiary/aromatic N) is 2. The molecule has 0 radical (unpaired) electrons. The third kappa shape index (κ3) is 4.19. The topological polar surface area (TPSA) is 74.8 Å². The molecule has 0 aromatic carbocycles. The number of carbonyl (C=O) groups excluding carboxylic acids is 2. The summed E-state index contributed by atoms with van der Waals surface area (Å²) in [7, 11) is -1.42. The Hall–Kier alpha value is -1.11. The Bertz CT molecular complexity index is 493. The minimum Gasteiger partial charge on any atom is -0.340 e. The fraction of sp³-hybridized carbons (Fsp3) is 0.846. The van der Waals surface area contributed by atoms with Crippen LogP contribution >= 0.6 is 0 Å². The Kier molecular flexibility index (Phi) is 4.84. The molecule has 7 heteroatoms. The maximum absolute atomic E-state index is 12.2. The fourth-order valence-electron chi connectivity index (χ4n) is 2.35. The summed E-state index contributed by atoms with van der Waals surface area (Å²) in [6.45, 7) is 7.00. The SMILES string of the molecule is CC(=O)N(CC(=O)N(C)C1CCS(=O)(=O)C1)C(C)(C)C. The minimum atomic E-state index is -3.02. The molecule has 1 aliphatic rings. The Morgan fingerprint density at radius 2 is 1.80 bits per heavy atom. The molecule has 0 aromatic rings. The second-order valence-corrected chi connectivity index (χ2v) is 8.57. The molecule has 116 valence electrons. The molecular formula is C13H24N2O4S. The number of carbonyl (C=O) groups is 2. The van der Waals surface area contributed by atoms with Crippen LogP contribution in [0.25, 0.3) is 0 Å². The molecule has 0 aromatic heterocycles. The summed E-state index contributed by atoms with van der Waals surface area (Å²) in [5.74, 6) is -0.244. The summed E-state index contributed by atoms with van der Waals surface area (Å²) in [5, 5.41) is 0. The maximum Gasteiger partial charge on any atom is 0.242 e. The molecule has 0 bridgehead atoms. The summed E-state index contributed by atoms with van der Waals surface area (Å²) >= 11 is 0. The zero-order valence-corrected chi connectivity index (χ0v) is 13.7. The van der Waals surface area contributed by atoms with E-state index in [1.54, 1.807) is 7.05 Å². The molecule has 1 atom stereocenters. The molecule has 1 saturated heterocycles. The lowest BCUT2D eigenvalue weighted by molar-refractivity contribution is -0.143. The van der Waals surface area contributed by atoms with Gasteiger partial charge < -0.3 is 9.80 Å². The summed E-state index contributed by atoms with van der Waals surface area (Å²) in [6.07, 6.45) is 0.472. The van der Waals surface area contributed by atoms with Crippen LogP contribution in [0.2, 0.25) is 0 Å². The lowest BCUT2D eigenvalue weighted by Crippen LogP contribution is -2.51. The molecule has 0 saturated carbocycles. The van der Waals surface area contributed by atoms with Crippen molar-refractivity contribution in [3.05, 3.63) is 0 Å². The second kappa shape index (κ2) is 5.71. The molecule has 0 aliphatic carbocycles. The fourth-order valence-corrected chi connectivity index (χ4v) is 4.13. The quantitative estimate of drug-likeness (QED) is 0.750. The van der Waals surface area contributed by atoms with Gasteiger partial charge in [0.25, 0.3) is 0 Å². The highest BCUT2D eigenvalue weighted by molar-refractivity contribution is 7.91. The van der Waals surface area contributed by atoms with E-state index in [0.717, 1.165) is 0 Å². The summed E-state index contributed by atoms with van der Waals surface area (Å²) in [4.78, 5) is 26.8. The molecule has 6 nitrogen and oxygen atoms in total. The van der Waals surface area contributed by atoms with Gasteiger partial charge in [-0.05, 0) is 27.2 Å². The average Bonchev–Trinajstić information content (AvgIpc) is 2.63. The van der Waals surface area contributed by atoms with Crippen LogP contribution in [0.5, 0.6) is 0 Å². The number of rotatable bonds is 3. The van der Waals surface area contributed by atoms with E-state index in [1.807, 2.05) is 20.8 Å². The van der Waals surface area contributed by atoms with Crippen molar-refractivity contribution in [1.29, 1.82) is 0 Å². The van der Waals surface area contributed by atoms with Crippen molar-refractivity contribution in [3.63, 3.8) is 0 Å². The molecule has 0 N–H and O–H groups in total. The highest BCUT2D eigenvalue weighted by Gasteiger charge is 2.34. The van der Waals surface area contributed by atoms with E-state index >= 15 is 0 Å². The van der Waals surface area contributed by atoms with Crippen LogP contribution < -0.4 is 0 Å². The third-order valence-corrected chi connectivity index (χ3v) is 5.38. The average molecular weight is 304 g/mol. The normalized spacial score (nSPS) is 21.6. The van der Waals surface area contributed by atoms with E-state index < -0.39 is 15.4 Å². The number of hydrogen-bond acceptors (Lipinski definition) is 4. The van der Waals surface area contributed by atoms with Gasteiger partial charge in [0.05, 0.1) is 11.5 Å². The zero-order valence-electron chi connectivity index (χ0n) is 12.8. The Morgan fingerprint density at radius 3 is 2.15 bits per heavy atom. The minimum absolute atomic E-state index is 0.0187. The first kappa shape index (κ1) is 16.9. The van der Waals surface area contributed by atoms with Crippen LogP contribution in [-0.2, 0) is 19.4 Å². The Morgan fingerprint density at radius 1 is 1.25 bits per heavy atom. The molecule has 1 heterocycles. The van der Waals surface area contributed by atoms with E-state index in [1.165, 1.54) is 16.7 Å². The third-order valence-electron chi connectivity index (χ3n) is 3.63. The highest BCUT2D eigenvalue weighted by atomic mass is 32.2. The van der Waals surface area contributed by atoms with Crippen molar-refractivity contribution >= 4 is 21.7 Å². The molecule has 20 heavy (non-hydrogen) atoms. The van der Waals surface area contributed by atoms with E-state index in [0.29, 0.717) is 6.42 Å². The van der Waals surface area contributed by atoms with Crippen molar-refractivity contribution in [3.8, 4) is 0 Å². The van der Waals surface area contributed by atoms with Gasteiger partial charge in [0.1, 0.15) is 6.54 Å². The zero-order chi connectivity index (χ0) is 15.7. The van der Waals surface area contributed by atoms with Gasteiger partial charge in [-0.25, -0.2) is 8.42 Å². The van der Waals surface area contributed by atoms with E-state index in [9.17, 15) is 18.0 Å². The largest absolute Gasteiger partial charge is 0.340 e. The van der Waals surface area contributed by atoms with Crippen LogP contribution in [0.1, 0.15) is 34.1 Å². The summed E-state index contributed by atoms with van der Waals surface area (Å²) in [5.41, 5.74) is -0.440. The van der Waals surface area contributed by atoms with Crippen molar-refractivity contribution in [2.75, 3.05) is 25.1 Å². The lowest BCUT2D eigenvalue weighted by Gasteiger charge is -2.36. The molecular weight excluding hydrogens is 280 g/mol. The van der Waals surface area contributed by atoms with Gasteiger partial charge >= 0.3 is 0 Å². The number of hydrogen-bond donors (Lipinski definition) is 0. The van der Waals surface area contributed by atoms with Crippen molar-refractivity contribution in [1.82, 2.24) is 9.80 Å². The maximum atomic E-state index is 12.2. The summed E-state index contributed by atoms with van der Waals surface area (Å²) < 4.78 is 22.9. The first-order valence-corrected chi connectivity index (χ1v) is 8.50. The Labute approximate surface area is 121 Å². The molecule has 1 unspecified atom stereocenters. The second-order valence-electron chi connectivity index (χ2n) is 6.34. The first-order valence-electron chi connectivity index (χ1n) is 6.68. The van der Waals surface area contributed by atoms with Gasteiger partial charge in [0, 0.05) is 25.6 Å². The number of likely N-dealkylation sites (N-methyl/N-ethyl adjacent to an activating group) is 1. The van der Waals surface area contributed by atoms with E-state index in [-0.39, 0.29) is 35.9 Å². The highest BCUT2D eigenvalue weighted by Crippen LogP contribution is 2.18. The standard InChI is InChI=1S/C13H24N2O4S/c1-10(16)15(13(2,3)4)8-12(17)14(5)11-6-7-20(18,19)9-11/h11H,6-9H2,1-5H3. The number of sulfone groups is 1. The van der Waals surface area contributed by atoms with E-state index in [2.05, 4.69) is 0 Å². The molecule has 1 aliphatic heterocycles. The van der Waals surface area contributed by atoms with Gasteiger partial charge in [-0.15, -0.1) is 0 Å². The van der Waals surface area contributed by atoms with Gasteiger partial charge in [0.15, 0.2) is 9.84 Å². The van der Waals surface area contributed by atoms with Crippen molar-refractivity contribution in [2.24, 2.45) is 0 Å². The monoisotopic (exact) mass is 304 g/mol. The Balaban J connectivity index is 2.73. The van der Waals surface area contributed by atoms with Gasteiger partial charge in [0.2, 0.25) is 11.8 Å². The van der Waals surface area contributed by atoms with Gasteiger partial charge in [-0.3, -0.25) is 9.59 Å². The van der Waals surface area contributed by atoms with Crippen molar-refractivity contribution < 1.29 is 18.0 Å². The molecule has 0 spiro atoms. The van der Waals surface area contributed by atoms with Gasteiger partial charge in [-0.1, -0.05) is 0 Å². The molecule has 1 fully saturated rings. The molecule has 2 amide bonds. The predicted octanol–water partition coefficient (Wildman–Crippen LogP) is 0.279. The molecule has 1 rings (SSSR count). The number of amides is 2. The van der Waals surface area contributed by atoms with Gasteiger partial charge in [-0.2, -0.15) is 0 Å². The van der Waals surface area contributed by atoms with Crippen LogP contribution in [-0.4, -0.2) is 66.7 Å². The summed E-state index contributed by atoms with van der Waals surface area (Å²) in [6, 6.07) is -0.277. The predicted molar refractivity (Wildman–Crippen MR) is 77.0 cm³/mol. The van der Waals surface area contributed by atoms with Crippen LogP contribution in [0.3, 0.4) is 0 Å². The lowest BCUT2D eigenvalue weighted by atomic mass is 10.1. The smallest absolute Gasteiger partial charge is 0.242 e. The van der Waals surface area contributed by atoms with E-state index in [4.69, 9.17) is 0 Å². The first-order chi connectivity index (χ1) is 8.94.